The van der Waals surface area contributed by atoms with Gasteiger partial charge in [-0.05, 0) is 37.0 Å². The Morgan fingerprint density at radius 1 is 1.32 bits per heavy atom. The van der Waals surface area contributed by atoms with E-state index in [2.05, 4.69) is 5.32 Å². The Balaban J connectivity index is 1.98. The van der Waals surface area contributed by atoms with Crippen molar-refractivity contribution < 1.29 is 14.3 Å². The summed E-state index contributed by atoms with van der Waals surface area (Å²) in [5.41, 5.74) is 6.25. The van der Waals surface area contributed by atoms with Crippen molar-refractivity contribution in [3.8, 4) is 11.5 Å². The van der Waals surface area contributed by atoms with E-state index in [1.54, 1.807) is 14.2 Å². The van der Waals surface area contributed by atoms with Crippen LogP contribution in [0.4, 0.5) is 0 Å². The van der Waals surface area contributed by atoms with Gasteiger partial charge < -0.3 is 20.5 Å². The summed E-state index contributed by atoms with van der Waals surface area (Å²) in [6.07, 6.45) is 2.57. The van der Waals surface area contributed by atoms with Gasteiger partial charge in [-0.2, -0.15) is 0 Å². The van der Waals surface area contributed by atoms with Gasteiger partial charge >= 0.3 is 0 Å². The average Bonchev–Trinajstić information content (AvgIpc) is 2.41. The zero-order valence-corrected chi connectivity index (χ0v) is 11.4. The Labute approximate surface area is 113 Å². The number of hydrogen-bond donors (Lipinski definition) is 2. The first kappa shape index (κ1) is 13.7. The summed E-state index contributed by atoms with van der Waals surface area (Å²) in [6, 6.07) is 5.57. The van der Waals surface area contributed by atoms with E-state index in [9.17, 15) is 4.79 Å². The smallest absolute Gasteiger partial charge is 0.240 e. The van der Waals surface area contributed by atoms with Crippen molar-refractivity contribution in [1.82, 2.24) is 5.32 Å². The SMILES string of the molecule is COc1ccc(CNC(=O)C2(N)CCC2)cc1OC. The predicted octanol–water partition coefficient (Wildman–Crippen LogP) is 1.20. The van der Waals surface area contributed by atoms with Gasteiger partial charge in [0.1, 0.15) is 0 Å². The fraction of sp³-hybridized carbons (Fsp3) is 0.500. The molecule has 0 aromatic heterocycles. The summed E-state index contributed by atoms with van der Waals surface area (Å²) in [6.45, 7) is 0.443. The monoisotopic (exact) mass is 264 g/mol. The standard InChI is InChI=1S/C14H20N2O3/c1-18-11-5-4-10(8-12(11)19-2)9-16-13(17)14(15)6-3-7-14/h4-5,8H,3,6-7,9,15H2,1-2H3,(H,16,17). The second kappa shape index (κ2) is 5.48. The molecule has 1 aromatic rings. The van der Waals surface area contributed by atoms with Crippen molar-refractivity contribution in [2.24, 2.45) is 5.73 Å². The lowest BCUT2D eigenvalue weighted by Crippen LogP contribution is -2.58. The maximum atomic E-state index is 11.9. The summed E-state index contributed by atoms with van der Waals surface area (Å²) in [7, 11) is 3.18. The third-order valence-electron chi connectivity index (χ3n) is 3.60. The molecule has 0 bridgehead atoms. The van der Waals surface area contributed by atoms with E-state index >= 15 is 0 Å². The maximum Gasteiger partial charge on any atom is 0.240 e. The Bertz CT molecular complexity index is 470. The van der Waals surface area contributed by atoms with Crippen LogP contribution in [0.5, 0.6) is 11.5 Å². The van der Waals surface area contributed by atoms with Gasteiger partial charge in [0, 0.05) is 6.54 Å². The number of ether oxygens (including phenoxy) is 2. The number of hydrogen-bond acceptors (Lipinski definition) is 4. The van der Waals surface area contributed by atoms with Crippen molar-refractivity contribution in [2.75, 3.05) is 14.2 Å². The lowest BCUT2D eigenvalue weighted by molar-refractivity contribution is -0.129. The van der Waals surface area contributed by atoms with E-state index in [0.29, 0.717) is 18.0 Å². The fourth-order valence-corrected chi connectivity index (χ4v) is 2.13. The summed E-state index contributed by atoms with van der Waals surface area (Å²) >= 11 is 0. The van der Waals surface area contributed by atoms with Crippen LogP contribution >= 0.6 is 0 Å². The number of methoxy groups -OCH3 is 2. The van der Waals surface area contributed by atoms with Crippen LogP contribution in [0, 0.1) is 0 Å². The second-order valence-corrected chi connectivity index (χ2v) is 4.88. The molecular weight excluding hydrogens is 244 g/mol. The van der Waals surface area contributed by atoms with Gasteiger partial charge in [-0.1, -0.05) is 6.07 Å². The topological polar surface area (TPSA) is 73.6 Å². The molecular formula is C14H20N2O3. The molecule has 0 aliphatic heterocycles. The van der Waals surface area contributed by atoms with Crippen LogP contribution in [0.3, 0.4) is 0 Å². The number of rotatable bonds is 5. The lowest BCUT2D eigenvalue weighted by Gasteiger charge is -2.36. The molecule has 1 aliphatic carbocycles. The van der Waals surface area contributed by atoms with Crippen LogP contribution in [0.1, 0.15) is 24.8 Å². The molecule has 0 heterocycles. The maximum absolute atomic E-state index is 11.9. The van der Waals surface area contributed by atoms with Gasteiger partial charge in [0.2, 0.25) is 5.91 Å². The number of nitrogens with two attached hydrogens (primary N) is 1. The van der Waals surface area contributed by atoms with Crippen LogP contribution < -0.4 is 20.5 Å². The number of carbonyl (C=O) groups is 1. The molecule has 0 radical (unpaired) electrons. The molecule has 2 rings (SSSR count). The highest BCUT2D eigenvalue weighted by atomic mass is 16.5. The third-order valence-corrected chi connectivity index (χ3v) is 3.60. The van der Waals surface area contributed by atoms with Crippen molar-refractivity contribution in [1.29, 1.82) is 0 Å². The van der Waals surface area contributed by atoms with Gasteiger partial charge in [-0.25, -0.2) is 0 Å². The highest BCUT2D eigenvalue weighted by molar-refractivity contribution is 5.86. The summed E-state index contributed by atoms with van der Waals surface area (Å²) in [5, 5.41) is 2.87. The van der Waals surface area contributed by atoms with E-state index in [1.807, 2.05) is 18.2 Å². The first-order chi connectivity index (χ1) is 9.09. The molecule has 5 nitrogen and oxygen atoms in total. The van der Waals surface area contributed by atoms with Gasteiger partial charge in [0.05, 0.1) is 19.8 Å². The largest absolute Gasteiger partial charge is 0.493 e. The van der Waals surface area contributed by atoms with Crippen molar-refractivity contribution in [3.05, 3.63) is 23.8 Å². The molecule has 0 atom stereocenters. The molecule has 3 N–H and O–H groups in total. The van der Waals surface area contributed by atoms with E-state index in [0.717, 1.165) is 24.8 Å². The molecule has 104 valence electrons. The molecule has 0 unspecified atom stereocenters. The van der Waals surface area contributed by atoms with Crippen LogP contribution in [0.25, 0.3) is 0 Å². The quantitative estimate of drug-likeness (QED) is 0.838. The Hall–Kier alpha value is -1.75. The number of benzene rings is 1. The fourth-order valence-electron chi connectivity index (χ4n) is 2.13. The van der Waals surface area contributed by atoms with Gasteiger partial charge in [-0.3, -0.25) is 4.79 Å². The van der Waals surface area contributed by atoms with E-state index in [4.69, 9.17) is 15.2 Å². The molecule has 1 fully saturated rings. The third kappa shape index (κ3) is 2.81. The average molecular weight is 264 g/mol. The minimum atomic E-state index is -0.656. The summed E-state index contributed by atoms with van der Waals surface area (Å²) in [4.78, 5) is 11.9. The Kier molecular flexibility index (Phi) is 3.95. The van der Waals surface area contributed by atoms with Crippen LogP contribution in [0.15, 0.2) is 18.2 Å². The van der Waals surface area contributed by atoms with E-state index in [-0.39, 0.29) is 5.91 Å². The van der Waals surface area contributed by atoms with Crippen molar-refractivity contribution in [3.63, 3.8) is 0 Å². The zero-order valence-electron chi connectivity index (χ0n) is 11.4. The highest BCUT2D eigenvalue weighted by Gasteiger charge is 2.39. The molecule has 0 saturated heterocycles. The lowest BCUT2D eigenvalue weighted by atomic mass is 9.77. The van der Waals surface area contributed by atoms with Gasteiger partial charge in [-0.15, -0.1) is 0 Å². The number of nitrogens with one attached hydrogen (secondary N) is 1. The first-order valence-electron chi connectivity index (χ1n) is 6.37. The van der Waals surface area contributed by atoms with E-state index in [1.165, 1.54) is 0 Å². The molecule has 1 aliphatic rings. The normalized spacial score (nSPS) is 16.4. The molecule has 5 heteroatoms. The van der Waals surface area contributed by atoms with Gasteiger partial charge in [0.25, 0.3) is 0 Å². The van der Waals surface area contributed by atoms with Crippen molar-refractivity contribution >= 4 is 5.91 Å². The number of carbonyl (C=O) groups excluding carboxylic acids is 1. The summed E-state index contributed by atoms with van der Waals surface area (Å²) < 4.78 is 10.4. The minimum absolute atomic E-state index is 0.0754. The van der Waals surface area contributed by atoms with Crippen LogP contribution in [0.2, 0.25) is 0 Å². The summed E-state index contributed by atoms with van der Waals surface area (Å²) in [5.74, 6) is 1.25. The molecule has 0 spiro atoms. The molecule has 1 saturated carbocycles. The molecule has 19 heavy (non-hydrogen) atoms. The van der Waals surface area contributed by atoms with Crippen LogP contribution in [-0.4, -0.2) is 25.7 Å². The second-order valence-electron chi connectivity index (χ2n) is 4.88. The molecule has 1 aromatic carbocycles. The Morgan fingerprint density at radius 2 is 2.00 bits per heavy atom. The van der Waals surface area contributed by atoms with Gasteiger partial charge in [0.15, 0.2) is 11.5 Å². The predicted molar refractivity (Wildman–Crippen MR) is 72.2 cm³/mol. The Morgan fingerprint density at radius 3 is 2.53 bits per heavy atom. The first-order valence-corrected chi connectivity index (χ1v) is 6.37. The zero-order chi connectivity index (χ0) is 13.9. The number of amides is 1. The van der Waals surface area contributed by atoms with E-state index < -0.39 is 5.54 Å². The molecule has 1 amide bonds. The highest BCUT2D eigenvalue weighted by Crippen LogP contribution is 2.30. The van der Waals surface area contributed by atoms with Crippen LogP contribution in [-0.2, 0) is 11.3 Å². The van der Waals surface area contributed by atoms with Crippen molar-refractivity contribution in [2.45, 2.75) is 31.3 Å². The minimum Gasteiger partial charge on any atom is -0.493 e.